The standard InChI is InChI=1S/C12H22N2/c1-3-4-7-14(2)12-8-10-5-6-11(9-12)13-10/h3-4,10-13H,5-9H2,1-2H3. The molecule has 0 amide bonds. The van der Waals surface area contributed by atoms with E-state index in [-0.39, 0.29) is 0 Å². The van der Waals surface area contributed by atoms with Gasteiger partial charge in [0, 0.05) is 24.7 Å². The van der Waals surface area contributed by atoms with Gasteiger partial charge in [-0.15, -0.1) is 0 Å². The molecule has 0 aliphatic carbocycles. The van der Waals surface area contributed by atoms with Gasteiger partial charge in [0.15, 0.2) is 0 Å². The second-order valence-corrected chi connectivity index (χ2v) is 4.77. The predicted molar refractivity (Wildman–Crippen MR) is 60.4 cm³/mol. The first kappa shape index (κ1) is 10.2. The van der Waals surface area contributed by atoms with E-state index in [4.69, 9.17) is 0 Å². The van der Waals surface area contributed by atoms with Crippen LogP contribution in [0, 0.1) is 0 Å². The number of allylic oxidation sites excluding steroid dienone is 1. The molecule has 2 unspecified atom stereocenters. The van der Waals surface area contributed by atoms with Crippen molar-refractivity contribution in [2.45, 2.75) is 50.7 Å². The van der Waals surface area contributed by atoms with Gasteiger partial charge >= 0.3 is 0 Å². The van der Waals surface area contributed by atoms with E-state index >= 15 is 0 Å². The molecule has 2 heteroatoms. The van der Waals surface area contributed by atoms with Gasteiger partial charge in [-0.25, -0.2) is 0 Å². The zero-order valence-corrected chi connectivity index (χ0v) is 9.37. The second kappa shape index (κ2) is 4.45. The van der Waals surface area contributed by atoms with Crippen molar-refractivity contribution in [2.24, 2.45) is 0 Å². The average Bonchev–Trinajstić information content (AvgIpc) is 2.54. The smallest absolute Gasteiger partial charge is 0.0163 e. The summed E-state index contributed by atoms with van der Waals surface area (Å²) in [5.41, 5.74) is 0. The van der Waals surface area contributed by atoms with Crippen molar-refractivity contribution in [1.29, 1.82) is 0 Å². The van der Waals surface area contributed by atoms with E-state index in [9.17, 15) is 0 Å². The number of likely N-dealkylation sites (N-methyl/N-ethyl adjacent to an activating group) is 1. The highest BCUT2D eigenvalue weighted by atomic mass is 15.2. The topological polar surface area (TPSA) is 15.3 Å². The third-order valence-electron chi connectivity index (χ3n) is 3.70. The monoisotopic (exact) mass is 194 g/mol. The summed E-state index contributed by atoms with van der Waals surface area (Å²) in [7, 11) is 2.26. The number of piperidine rings is 1. The molecule has 0 aromatic carbocycles. The summed E-state index contributed by atoms with van der Waals surface area (Å²) in [6.45, 7) is 3.21. The van der Waals surface area contributed by atoms with Crippen molar-refractivity contribution < 1.29 is 0 Å². The summed E-state index contributed by atoms with van der Waals surface area (Å²) in [5, 5.41) is 3.69. The van der Waals surface area contributed by atoms with Crippen LogP contribution in [0.15, 0.2) is 12.2 Å². The average molecular weight is 194 g/mol. The Morgan fingerprint density at radius 3 is 2.50 bits per heavy atom. The number of hydrogen-bond donors (Lipinski definition) is 1. The quantitative estimate of drug-likeness (QED) is 0.689. The summed E-state index contributed by atoms with van der Waals surface area (Å²) in [6, 6.07) is 2.43. The SMILES string of the molecule is CC=CCN(C)C1CC2CCC(C1)N2. The van der Waals surface area contributed by atoms with Gasteiger partial charge in [0.2, 0.25) is 0 Å². The van der Waals surface area contributed by atoms with Gasteiger partial charge in [0.25, 0.3) is 0 Å². The maximum Gasteiger partial charge on any atom is 0.0163 e. The normalized spacial score (nSPS) is 37.2. The van der Waals surface area contributed by atoms with Gasteiger partial charge in [0.05, 0.1) is 0 Å². The maximum absolute atomic E-state index is 3.69. The first-order valence-electron chi connectivity index (χ1n) is 5.87. The van der Waals surface area contributed by atoms with Gasteiger partial charge in [-0.05, 0) is 39.7 Å². The Kier molecular flexibility index (Phi) is 3.24. The zero-order chi connectivity index (χ0) is 9.97. The fraction of sp³-hybridized carbons (Fsp3) is 0.833. The molecule has 1 N–H and O–H groups in total. The molecule has 0 aromatic rings. The van der Waals surface area contributed by atoms with E-state index in [1.807, 2.05) is 0 Å². The Bertz CT molecular complexity index is 200. The van der Waals surface area contributed by atoms with Crippen LogP contribution in [0.3, 0.4) is 0 Å². The Balaban J connectivity index is 1.86. The lowest BCUT2D eigenvalue weighted by Gasteiger charge is -2.35. The molecule has 2 nitrogen and oxygen atoms in total. The number of nitrogens with one attached hydrogen (secondary N) is 1. The molecule has 0 spiro atoms. The first-order chi connectivity index (χ1) is 6.79. The van der Waals surface area contributed by atoms with Crippen LogP contribution in [-0.4, -0.2) is 36.6 Å². The number of fused-ring (bicyclic) bond motifs is 2. The van der Waals surface area contributed by atoms with Gasteiger partial charge in [-0.1, -0.05) is 12.2 Å². The van der Waals surface area contributed by atoms with Crippen LogP contribution in [0.4, 0.5) is 0 Å². The molecule has 2 aliphatic heterocycles. The van der Waals surface area contributed by atoms with E-state index in [0.717, 1.165) is 24.7 Å². The molecule has 0 saturated carbocycles. The lowest BCUT2D eigenvalue weighted by Crippen LogP contribution is -2.46. The lowest BCUT2D eigenvalue weighted by molar-refractivity contribution is 0.187. The fourth-order valence-corrected chi connectivity index (χ4v) is 2.81. The number of rotatable bonds is 3. The van der Waals surface area contributed by atoms with E-state index in [2.05, 4.69) is 36.3 Å². The number of hydrogen-bond acceptors (Lipinski definition) is 2. The molecular formula is C12H22N2. The molecule has 0 aromatic heterocycles. The Hall–Kier alpha value is -0.340. The summed E-state index contributed by atoms with van der Waals surface area (Å²) in [4.78, 5) is 2.51. The lowest BCUT2D eigenvalue weighted by atomic mass is 9.98. The molecular weight excluding hydrogens is 172 g/mol. The molecule has 2 bridgehead atoms. The molecule has 2 heterocycles. The molecule has 2 atom stereocenters. The Morgan fingerprint density at radius 1 is 1.29 bits per heavy atom. The minimum atomic E-state index is 0.810. The van der Waals surface area contributed by atoms with Gasteiger partial charge in [-0.3, -0.25) is 4.90 Å². The van der Waals surface area contributed by atoms with E-state index < -0.39 is 0 Å². The van der Waals surface area contributed by atoms with Crippen LogP contribution in [-0.2, 0) is 0 Å². The van der Waals surface area contributed by atoms with Gasteiger partial charge < -0.3 is 5.32 Å². The van der Waals surface area contributed by atoms with Crippen molar-refractivity contribution in [3.63, 3.8) is 0 Å². The van der Waals surface area contributed by atoms with E-state index in [1.165, 1.54) is 25.7 Å². The minimum Gasteiger partial charge on any atom is -0.311 e. The second-order valence-electron chi connectivity index (χ2n) is 4.77. The van der Waals surface area contributed by atoms with Crippen LogP contribution >= 0.6 is 0 Å². The minimum absolute atomic E-state index is 0.810. The fourth-order valence-electron chi connectivity index (χ4n) is 2.81. The summed E-state index contributed by atoms with van der Waals surface area (Å²) in [5.74, 6) is 0. The van der Waals surface area contributed by atoms with Crippen LogP contribution < -0.4 is 5.32 Å². The molecule has 80 valence electrons. The van der Waals surface area contributed by atoms with Crippen LogP contribution in [0.5, 0.6) is 0 Å². The van der Waals surface area contributed by atoms with Crippen molar-refractivity contribution >= 4 is 0 Å². The van der Waals surface area contributed by atoms with E-state index in [0.29, 0.717) is 0 Å². The summed E-state index contributed by atoms with van der Waals surface area (Å²) < 4.78 is 0. The third-order valence-corrected chi connectivity index (χ3v) is 3.70. The molecule has 0 radical (unpaired) electrons. The predicted octanol–water partition coefficient (Wildman–Crippen LogP) is 1.78. The van der Waals surface area contributed by atoms with Crippen LogP contribution in [0.1, 0.15) is 32.6 Å². The van der Waals surface area contributed by atoms with Gasteiger partial charge in [-0.2, -0.15) is 0 Å². The molecule has 14 heavy (non-hydrogen) atoms. The summed E-state index contributed by atoms with van der Waals surface area (Å²) in [6.07, 6.45) is 9.91. The van der Waals surface area contributed by atoms with Crippen molar-refractivity contribution in [3.8, 4) is 0 Å². The summed E-state index contributed by atoms with van der Waals surface area (Å²) >= 11 is 0. The third kappa shape index (κ3) is 2.18. The molecule has 2 aliphatic rings. The van der Waals surface area contributed by atoms with Crippen LogP contribution in [0.2, 0.25) is 0 Å². The molecule has 2 rings (SSSR count). The highest BCUT2D eigenvalue weighted by Crippen LogP contribution is 2.28. The van der Waals surface area contributed by atoms with E-state index in [1.54, 1.807) is 0 Å². The molecule has 2 fully saturated rings. The highest BCUT2D eigenvalue weighted by molar-refractivity contribution is 4.96. The van der Waals surface area contributed by atoms with Crippen molar-refractivity contribution in [3.05, 3.63) is 12.2 Å². The van der Waals surface area contributed by atoms with Gasteiger partial charge in [0.1, 0.15) is 0 Å². The first-order valence-corrected chi connectivity index (χ1v) is 5.87. The Morgan fingerprint density at radius 2 is 1.93 bits per heavy atom. The zero-order valence-electron chi connectivity index (χ0n) is 9.37. The maximum atomic E-state index is 3.69. The highest BCUT2D eigenvalue weighted by Gasteiger charge is 2.34. The number of nitrogens with zero attached hydrogens (tertiary/aromatic N) is 1. The van der Waals surface area contributed by atoms with Crippen molar-refractivity contribution in [1.82, 2.24) is 10.2 Å². The largest absolute Gasteiger partial charge is 0.311 e. The van der Waals surface area contributed by atoms with Crippen LogP contribution in [0.25, 0.3) is 0 Å². The van der Waals surface area contributed by atoms with Crippen molar-refractivity contribution in [2.75, 3.05) is 13.6 Å². The molecule has 2 saturated heterocycles. The Labute approximate surface area is 87.4 Å².